The zero-order valence-corrected chi connectivity index (χ0v) is 15.1. The molecule has 0 bridgehead atoms. The van der Waals surface area contributed by atoms with Crippen LogP contribution in [0.5, 0.6) is 0 Å². The lowest BCUT2D eigenvalue weighted by atomic mass is 9.95. The van der Waals surface area contributed by atoms with Gasteiger partial charge in [0.05, 0.1) is 16.5 Å². The van der Waals surface area contributed by atoms with Crippen LogP contribution < -0.4 is 0 Å². The van der Waals surface area contributed by atoms with Gasteiger partial charge in [0.1, 0.15) is 5.76 Å². The predicted octanol–water partition coefficient (Wildman–Crippen LogP) is 3.41. The Morgan fingerprint density at radius 3 is 2.46 bits per heavy atom. The first-order chi connectivity index (χ1) is 12.3. The maximum atomic E-state index is 12.4. The molecule has 1 aliphatic rings. The summed E-state index contributed by atoms with van der Waals surface area (Å²) in [4.78, 5) is 36.3. The van der Waals surface area contributed by atoms with E-state index in [2.05, 4.69) is 15.9 Å². The van der Waals surface area contributed by atoms with Crippen LogP contribution in [0.3, 0.4) is 0 Å². The summed E-state index contributed by atoms with van der Waals surface area (Å²) in [6.07, 6.45) is 0. The van der Waals surface area contributed by atoms with Gasteiger partial charge >= 0.3 is 0 Å². The van der Waals surface area contributed by atoms with Crippen LogP contribution in [0.1, 0.15) is 17.2 Å². The van der Waals surface area contributed by atoms with E-state index in [4.69, 9.17) is 0 Å². The molecule has 0 radical (unpaired) electrons. The summed E-state index contributed by atoms with van der Waals surface area (Å²) in [5.41, 5.74) is 0.486. The van der Waals surface area contributed by atoms with E-state index in [0.717, 1.165) is 4.47 Å². The Morgan fingerprint density at radius 2 is 1.85 bits per heavy atom. The summed E-state index contributed by atoms with van der Waals surface area (Å²) in [5.74, 6) is -1.93. The molecular formula is C18H13BrN2O5. The summed E-state index contributed by atoms with van der Waals surface area (Å²) < 4.78 is 0.792. The van der Waals surface area contributed by atoms with Crippen LogP contribution in [0.15, 0.2) is 58.6 Å². The SMILES string of the molecule is CN1C(=O)C(=O)C(=C(O)c2ccc(Br)cc2)[C@@H]1c1cccc([N+](=O)[O-])c1. The summed E-state index contributed by atoms with van der Waals surface area (Å²) in [6, 6.07) is 11.4. The van der Waals surface area contributed by atoms with Gasteiger partial charge < -0.3 is 10.0 Å². The standard InChI is InChI=1S/C18H13BrN2O5/c1-20-15(11-3-2-4-13(9-11)21(25)26)14(17(23)18(20)24)16(22)10-5-7-12(19)8-6-10/h2-9,15,22H,1H3/t15-/m0/s1. The molecule has 8 heteroatoms. The van der Waals surface area contributed by atoms with Crippen molar-refractivity contribution < 1.29 is 19.6 Å². The van der Waals surface area contributed by atoms with E-state index in [0.29, 0.717) is 11.1 Å². The molecule has 0 unspecified atom stereocenters. The second-order valence-electron chi connectivity index (χ2n) is 5.77. The number of halogens is 1. The molecule has 1 N–H and O–H groups in total. The van der Waals surface area contributed by atoms with Crippen molar-refractivity contribution in [3.05, 3.63) is 79.8 Å². The van der Waals surface area contributed by atoms with Crippen molar-refractivity contribution in [3.8, 4) is 0 Å². The Balaban J connectivity index is 2.18. The highest BCUT2D eigenvalue weighted by Gasteiger charge is 2.44. The Hall–Kier alpha value is -3.00. The van der Waals surface area contributed by atoms with Crippen LogP contribution in [-0.4, -0.2) is 33.7 Å². The van der Waals surface area contributed by atoms with Crippen molar-refractivity contribution in [1.29, 1.82) is 0 Å². The largest absolute Gasteiger partial charge is 0.507 e. The Kier molecular flexibility index (Phi) is 4.60. The van der Waals surface area contributed by atoms with E-state index in [1.165, 1.54) is 30.1 Å². The lowest BCUT2D eigenvalue weighted by Crippen LogP contribution is -2.24. The summed E-state index contributed by atoms with van der Waals surface area (Å²) in [6.45, 7) is 0. The van der Waals surface area contributed by atoms with Crippen molar-refractivity contribution in [2.75, 3.05) is 7.05 Å². The van der Waals surface area contributed by atoms with E-state index in [1.54, 1.807) is 30.3 Å². The minimum Gasteiger partial charge on any atom is -0.507 e. The average molecular weight is 417 g/mol. The molecule has 0 aliphatic carbocycles. The van der Waals surface area contributed by atoms with Gasteiger partial charge in [-0.15, -0.1) is 0 Å². The molecule has 0 spiro atoms. The van der Waals surface area contributed by atoms with E-state index in [-0.39, 0.29) is 17.0 Å². The first kappa shape index (κ1) is 17.8. The van der Waals surface area contributed by atoms with Crippen molar-refractivity contribution in [3.63, 3.8) is 0 Å². The number of likely N-dealkylation sites (tertiary alicyclic amines) is 1. The van der Waals surface area contributed by atoms with Gasteiger partial charge in [0.15, 0.2) is 0 Å². The van der Waals surface area contributed by atoms with Gasteiger partial charge in [0, 0.05) is 29.2 Å². The normalized spacial score (nSPS) is 19.0. The molecule has 1 saturated heterocycles. The molecule has 1 fully saturated rings. The van der Waals surface area contributed by atoms with Gasteiger partial charge in [0.25, 0.3) is 17.4 Å². The van der Waals surface area contributed by atoms with E-state index < -0.39 is 22.7 Å². The molecule has 1 amide bonds. The van der Waals surface area contributed by atoms with Gasteiger partial charge in [-0.2, -0.15) is 0 Å². The van der Waals surface area contributed by atoms with Crippen molar-refractivity contribution in [2.45, 2.75) is 6.04 Å². The maximum Gasteiger partial charge on any atom is 0.295 e. The Morgan fingerprint density at radius 1 is 1.19 bits per heavy atom. The van der Waals surface area contributed by atoms with Crippen molar-refractivity contribution >= 4 is 39.1 Å². The number of amides is 1. The number of ketones is 1. The van der Waals surface area contributed by atoms with Crippen LogP contribution in [0.4, 0.5) is 5.69 Å². The molecule has 2 aromatic rings. The fourth-order valence-electron chi connectivity index (χ4n) is 2.91. The first-order valence-corrected chi connectivity index (χ1v) is 8.35. The Labute approximate surface area is 156 Å². The molecular weight excluding hydrogens is 404 g/mol. The van der Waals surface area contributed by atoms with Crippen LogP contribution in [0.25, 0.3) is 5.76 Å². The molecule has 1 heterocycles. The molecule has 132 valence electrons. The molecule has 3 rings (SSSR count). The number of Topliss-reactive ketones (excluding diaryl/α,β-unsaturated/α-hetero) is 1. The van der Waals surface area contributed by atoms with Crippen LogP contribution in [0.2, 0.25) is 0 Å². The summed E-state index contributed by atoms with van der Waals surface area (Å²) in [7, 11) is 1.42. The summed E-state index contributed by atoms with van der Waals surface area (Å²) in [5, 5.41) is 21.7. The third-order valence-corrected chi connectivity index (χ3v) is 4.72. The number of nitrogens with zero attached hydrogens (tertiary/aromatic N) is 2. The molecule has 0 aromatic heterocycles. The molecule has 1 aliphatic heterocycles. The number of non-ortho nitro benzene ring substituents is 1. The lowest BCUT2D eigenvalue weighted by Gasteiger charge is -2.20. The minimum atomic E-state index is -0.904. The monoisotopic (exact) mass is 416 g/mol. The van der Waals surface area contributed by atoms with E-state index in [9.17, 15) is 24.8 Å². The van der Waals surface area contributed by atoms with Crippen molar-refractivity contribution in [1.82, 2.24) is 4.90 Å². The number of hydrogen-bond donors (Lipinski definition) is 1. The Bertz CT molecular complexity index is 952. The topological polar surface area (TPSA) is 101 Å². The fourth-order valence-corrected chi connectivity index (χ4v) is 3.17. The number of rotatable bonds is 3. The number of hydrogen-bond acceptors (Lipinski definition) is 5. The zero-order valence-electron chi connectivity index (χ0n) is 13.5. The molecule has 2 aromatic carbocycles. The van der Waals surface area contributed by atoms with Gasteiger partial charge in [-0.3, -0.25) is 19.7 Å². The number of carbonyl (C=O) groups excluding carboxylic acids is 2. The van der Waals surface area contributed by atoms with Gasteiger partial charge in [-0.1, -0.05) is 40.2 Å². The van der Waals surface area contributed by atoms with Gasteiger partial charge in [0.2, 0.25) is 0 Å². The third kappa shape index (κ3) is 2.99. The van der Waals surface area contributed by atoms with Crippen LogP contribution in [0, 0.1) is 10.1 Å². The van der Waals surface area contributed by atoms with Crippen LogP contribution >= 0.6 is 15.9 Å². The number of nitro benzene ring substituents is 1. The van der Waals surface area contributed by atoms with Gasteiger partial charge in [-0.05, 0) is 17.7 Å². The average Bonchev–Trinajstić information content (AvgIpc) is 2.86. The van der Waals surface area contributed by atoms with Crippen molar-refractivity contribution in [2.24, 2.45) is 0 Å². The minimum absolute atomic E-state index is 0.0969. The molecule has 7 nitrogen and oxygen atoms in total. The number of benzene rings is 2. The predicted molar refractivity (Wildman–Crippen MR) is 97.3 cm³/mol. The highest BCUT2D eigenvalue weighted by atomic mass is 79.9. The van der Waals surface area contributed by atoms with E-state index in [1.807, 2.05) is 0 Å². The number of aliphatic hydroxyl groups excluding tert-OH is 1. The third-order valence-electron chi connectivity index (χ3n) is 4.19. The lowest BCUT2D eigenvalue weighted by molar-refractivity contribution is -0.384. The number of nitro groups is 1. The molecule has 26 heavy (non-hydrogen) atoms. The number of likely N-dealkylation sites (N-methyl/N-ethyl adjacent to an activating group) is 1. The molecule has 1 atom stereocenters. The zero-order chi connectivity index (χ0) is 19.0. The molecule has 0 saturated carbocycles. The maximum absolute atomic E-state index is 12.4. The summed E-state index contributed by atoms with van der Waals surface area (Å²) >= 11 is 3.29. The number of aliphatic hydroxyl groups is 1. The quantitative estimate of drug-likeness (QED) is 0.271. The second kappa shape index (κ2) is 6.72. The first-order valence-electron chi connectivity index (χ1n) is 7.56. The second-order valence-corrected chi connectivity index (χ2v) is 6.68. The fraction of sp³-hybridized carbons (Fsp3) is 0.111. The number of carbonyl (C=O) groups is 2. The highest BCUT2D eigenvalue weighted by Crippen LogP contribution is 2.39. The van der Waals surface area contributed by atoms with E-state index >= 15 is 0 Å². The smallest absolute Gasteiger partial charge is 0.295 e. The highest BCUT2D eigenvalue weighted by molar-refractivity contribution is 9.10. The van der Waals surface area contributed by atoms with Crippen LogP contribution in [-0.2, 0) is 9.59 Å². The van der Waals surface area contributed by atoms with Gasteiger partial charge in [-0.25, -0.2) is 0 Å².